The van der Waals surface area contributed by atoms with Crippen molar-refractivity contribution in [2.24, 2.45) is 5.92 Å². The number of hydrogen-bond acceptors (Lipinski definition) is 4. The number of aliphatic hydroxyl groups is 1. The molecule has 2 unspecified atom stereocenters. The number of amides is 2. The summed E-state index contributed by atoms with van der Waals surface area (Å²) in [6.07, 6.45) is 8.22. The van der Waals surface area contributed by atoms with Gasteiger partial charge in [0.15, 0.2) is 0 Å². The van der Waals surface area contributed by atoms with Gasteiger partial charge in [0.1, 0.15) is 11.5 Å². The quantitative estimate of drug-likeness (QED) is 0.498. The Balaban J connectivity index is 1.64. The maximum absolute atomic E-state index is 12.6. The van der Waals surface area contributed by atoms with Gasteiger partial charge >= 0.3 is 0 Å². The summed E-state index contributed by atoms with van der Waals surface area (Å²) in [4.78, 5) is 28.2. The number of aromatic nitrogens is 1. The average Bonchev–Trinajstić information content (AvgIpc) is 3.29. The molecular weight excluding hydrogens is 346 g/mol. The topological polar surface area (TPSA) is 114 Å². The highest BCUT2D eigenvalue weighted by molar-refractivity contribution is 6.15. The van der Waals surface area contributed by atoms with Gasteiger partial charge in [-0.05, 0) is 36.4 Å². The number of aromatic hydroxyl groups is 1. The first-order valence-corrected chi connectivity index (χ1v) is 8.49. The number of benzene rings is 1. The van der Waals surface area contributed by atoms with Gasteiger partial charge in [0, 0.05) is 34.2 Å². The van der Waals surface area contributed by atoms with Crippen LogP contribution in [0.5, 0.6) is 5.75 Å². The summed E-state index contributed by atoms with van der Waals surface area (Å²) >= 11 is 0. The fraction of sp³-hybridized carbons (Fsp3) is 0.100. The van der Waals surface area contributed by atoms with Crippen molar-refractivity contribution >= 4 is 28.4 Å². The molecule has 0 spiro atoms. The molecule has 3 aliphatic rings. The number of rotatable bonds is 1. The summed E-state index contributed by atoms with van der Waals surface area (Å²) in [5.41, 5.74) is 2.72. The number of fused-ring (bicyclic) bond motifs is 2. The number of carbonyl (C=O) groups excluding carboxylic acids is 2. The fourth-order valence-electron chi connectivity index (χ4n) is 3.86. The van der Waals surface area contributed by atoms with Gasteiger partial charge in [-0.2, -0.15) is 0 Å². The molecule has 2 aliphatic heterocycles. The van der Waals surface area contributed by atoms with Crippen LogP contribution in [-0.2, 0) is 9.59 Å². The Hall–Kier alpha value is -3.74. The van der Waals surface area contributed by atoms with Crippen LogP contribution in [-0.4, -0.2) is 33.1 Å². The predicted molar refractivity (Wildman–Crippen MR) is 98.4 cm³/mol. The van der Waals surface area contributed by atoms with Crippen molar-refractivity contribution in [3.8, 4) is 5.75 Å². The molecule has 1 fully saturated rings. The highest BCUT2D eigenvalue weighted by Gasteiger charge is 2.40. The van der Waals surface area contributed by atoms with Gasteiger partial charge in [-0.25, -0.2) is 0 Å². The first-order valence-electron chi connectivity index (χ1n) is 8.49. The third-order valence-electron chi connectivity index (χ3n) is 5.11. The zero-order chi connectivity index (χ0) is 18.7. The molecular formula is C20H15N3O4. The van der Waals surface area contributed by atoms with Gasteiger partial charge in [-0.15, -0.1) is 0 Å². The highest BCUT2D eigenvalue weighted by atomic mass is 16.3. The molecule has 0 radical (unpaired) electrons. The van der Waals surface area contributed by atoms with Crippen molar-refractivity contribution in [2.45, 2.75) is 6.04 Å². The fourth-order valence-corrected chi connectivity index (χ4v) is 3.86. The van der Waals surface area contributed by atoms with Crippen LogP contribution in [0.25, 0.3) is 16.6 Å². The molecule has 5 rings (SSSR count). The molecule has 1 aromatic heterocycles. The first-order chi connectivity index (χ1) is 13.0. The maximum atomic E-state index is 12.6. The SMILES string of the molecule is O=C1NC(c2c[nH]c3ccc(O)cc23)=C/C1=C1\C(=O)NC2C=CC(O)=CC12. The molecule has 2 atom stereocenters. The monoisotopic (exact) mass is 361 g/mol. The Morgan fingerprint density at radius 2 is 1.93 bits per heavy atom. The Morgan fingerprint density at radius 1 is 1.07 bits per heavy atom. The average molecular weight is 361 g/mol. The van der Waals surface area contributed by atoms with E-state index in [0.29, 0.717) is 11.3 Å². The van der Waals surface area contributed by atoms with Crippen LogP contribution >= 0.6 is 0 Å². The van der Waals surface area contributed by atoms with Crippen LogP contribution in [0.2, 0.25) is 0 Å². The van der Waals surface area contributed by atoms with E-state index < -0.39 is 5.92 Å². The molecule has 0 saturated carbocycles. The summed E-state index contributed by atoms with van der Waals surface area (Å²) in [6.45, 7) is 0. The molecule has 2 amide bonds. The summed E-state index contributed by atoms with van der Waals surface area (Å²) in [7, 11) is 0. The Morgan fingerprint density at radius 3 is 2.78 bits per heavy atom. The van der Waals surface area contributed by atoms with Crippen LogP contribution in [0.1, 0.15) is 5.56 Å². The summed E-state index contributed by atoms with van der Waals surface area (Å²) in [5.74, 6) is -0.890. The molecule has 7 heteroatoms. The zero-order valence-electron chi connectivity index (χ0n) is 14.0. The number of allylic oxidation sites excluding steroid dienone is 1. The van der Waals surface area contributed by atoms with E-state index in [2.05, 4.69) is 15.6 Å². The maximum Gasteiger partial charge on any atom is 0.256 e. The smallest absolute Gasteiger partial charge is 0.256 e. The van der Waals surface area contributed by atoms with E-state index in [-0.39, 0.29) is 34.9 Å². The lowest BCUT2D eigenvalue weighted by atomic mass is 9.88. The third kappa shape index (κ3) is 2.28. The van der Waals surface area contributed by atoms with E-state index in [9.17, 15) is 19.8 Å². The number of aromatic amines is 1. The van der Waals surface area contributed by atoms with Crippen molar-refractivity contribution in [3.63, 3.8) is 0 Å². The van der Waals surface area contributed by atoms with Gasteiger partial charge in [-0.1, -0.05) is 6.08 Å². The van der Waals surface area contributed by atoms with Gasteiger partial charge in [-0.3, -0.25) is 9.59 Å². The second-order valence-corrected chi connectivity index (χ2v) is 6.75. The predicted octanol–water partition coefficient (Wildman–Crippen LogP) is 1.77. The summed E-state index contributed by atoms with van der Waals surface area (Å²) in [6, 6.07) is 4.67. The number of phenols is 1. The van der Waals surface area contributed by atoms with Crippen molar-refractivity contribution in [1.29, 1.82) is 0 Å². The van der Waals surface area contributed by atoms with Crippen molar-refractivity contribution in [3.05, 3.63) is 71.2 Å². The van der Waals surface area contributed by atoms with E-state index >= 15 is 0 Å². The molecule has 1 aromatic carbocycles. The largest absolute Gasteiger partial charge is 0.508 e. The van der Waals surface area contributed by atoms with Gasteiger partial charge in [0.2, 0.25) is 5.91 Å². The van der Waals surface area contributed by atoms with E-state index in [1.807, 2.05) is 0 Å². The first kappa shape index (κ1) is 15.5. The third-order valence-corrected chi connectivity index (χ3v) is 5.11. The minimum atomic E-state index is -0.397. The molecule has 134 valence electrons. The number of hydrogen-bond donors (Lipinski definition) is 5. The number of aliphatic hydroxyl groups excluding tert-OH is 1. The number of carbonyl (C=O) groups is 2. The van der Waals surface area contributed by atoms with E-state index in [0.717, 1.165) is 16.5 Å². The number of nitrogens with one attached hydrogen (secondary N) is 3. The van der Waals surface area contributed by atoms with E-state index in [4.69, 9.17) is 0 Å². The lowest BCUT2D eigenvalue weighted by molar-refractivity contribution is -0.118. The molecule has 1 saturated heterocycles. The van der Waals surface area contributed by atoms with Crippen LogP contribution in [0.4, 0.5) is 0 Å². The molecule has 2 aromatic rings. The van der Waals surface area contributed by atoms with Gasteiger partial charge < -0.3 is 25.8 Å². The highest BCUT2D eigenvalue weighted by Crippen LogP contribution is 2.36. The molecule has 7 nitrogen and oxygen atoms in total. The molecule has 3 heterocycles. The standard InChI is InChI=1S/C20H15N3O4/c24-9-1-3-15-11(5-9)14(8-21-15)17-7-13(19(26)23-17)18-12-6-10(25)2-4-16(12)22-20(18)27/h1-8,12,16,21,24-25H,(H,22,27)(H,23,26)/b18-13+. The van der Waals surface area contributed by atoms with Gasteiger partial charge in [0.25, 0.3) is 5.91 Å². The van der Waals surface area contributed by atoms with Crippen molar-refractivity contribution in [1.82, 2.24) is 15.6 Å². The second-order valence-electron chi connectivity index (χ2n) is 6.75. The summed E-state index contributed by atoms with van der Waals surface area (Å²) in [5, 5.41) is 25.9. The van der Waals surface area contributed by atoms with Crippen LogP contribution in [0.15, 0.2) is 65.6 Å². The number of H-pyrrole nitrogens is 1. The molecule has 0 bridgehead atoms. The number of phenolic OH excluding ortho intramolecular Hbond substituents is 1. The van der Waals surface area contributed by atoms with Crippen LogP contribution in [0, 0.1) is 5.92 Å². The van der Waals surface area contributed by atoms with E-state index in [1.54, 1.807) is 42.6 Å². The minimum absolute atomic E-state index is 0.0700. The van der Waals surface area contributed by atoms with Gasteiger partial charge in [0.05, 0.1) is 17.3 Å². The Kier molecular flexibility index (Phi) is 3.09. The Bertz CT molecular complexity index is 1150. The minimum Gasteiger partial charge on any atom is -0.508 e. The molecule has 5 N–H and O–H groups in total. The zero-order valence-corrected chi connectivity index (χ0v) is 14.0. The Labute approximate surface area is 153 Å². The second kappa shape index (κ2) is 5.38. The summed E-state index contributed by atoms with van der Waals surface area (Å²) < 4.78 is 0. The lowest BCUT2D eigenvalue weighted by Crippen LogP contribution is -2.27. The van der Waals surface area contributed by atoms with Crippen molar-refractivity contribution < 1.29 is 19.8 Å². The van der Waals surface area contributed by atoms with Crippen LogP contribution in [0.3, 0.4) is 0 Å². The normalized spacial score (nSPS) is 26.7. The lowest BCUT2D eigenvalue weighted by Gasteiger charge is -2.16. The van der Waals surface area contributed by atoms with Crippen molar-refractivity contribution in [2.75, 3.05) is 0 Å². The van der Waals surface area contributed by atoms with E-state index in [1.165, 1.54) is 6.08 Å². The molecule has 27 heavy (non-hydrogen) atoms. The van der Waals surface area contributed by atoms with Crippen LogP contribution < -0.4 is 10.6 Å². The molecule has 1 aliphatic carbocycles.